The fourth-order valence-electron chi connectivity index (χ4n) is 3.20. The first-order valence-electron chi connectivity index (χ1n) is 6.38. The fraction of sp³-hybridized carbons (Fsp3) is 0.500. The maximum absolute atomic E-state index is 12.4. The molecule has 2 aliphatic rings. The number of amides is 1. The minimum atomic E-state index is -1.37. The summed E-state index contributed by atoms with van der Waals surface area (Å²) in [7, 11) is 0. The van der Waals surface area contributed by atoms with Gasteiger partial charge in [-0.15, -0.1) is 11.6 Å². The second-order valence-electron chi connectivity index (χ2n) is 5.23. The third-order valence-corrected chi connectivity index (χ3v) is 5.42. The van der Waals surface area contributed by atoms with Gasteiger partial charge in [0.15, 0.2) is 0 Å². The van der Waals surface area contributed by atoms with Crippen molar-refractivity contribution in [3.63, 3.8) is 0 Å². The maximum Gasteiger partial charge on any atom is 0.260 e. The normalized spacial score (nSPS) is 32.7. The molecule has 102 valence electrons. The van der Waals surface area contributed by atoms with Gasteiger partial charge >= 0.3 is 0 Å². The topological polar surface area (TPSA) is 20.3 Å². The third kappa shape index (κ3) is 2.14. The van der Waals surface area contributed by atoms with Crippen LogP contribution in [0.25, 0.3) is 0 Å². The Morgan fingerprint density at radius 1 is 1.21 bits per heavy atom. The Morgan fingerprint density at radius 3 is 2.58 bits per heavy atom. The zero-order valence-corrected chi connectivity index (χ0v) is 12.5. The van der Waals surface area contributed by atoms with Crippen molar-refractivity contribution in [2.45, 2.75) is 35.1 Å². The van der Waals surface area contributed by atoms with Crippen molar-refractivity contribution in [1.82, 2.24) is 4.90 Å². The van der Waals surface area contributed by atoms with E-state index >= 15 is 0 Å². The Morgan fingerprint density at radius 2 is 1.89 bits per heavy atom. The Kier molecular flexibility index (Phi) is 3.45. The quantitative estimate of drug-likeness (QED) is 0.763. The molecule has 0 N–H and O–H groups in total. The number of hydrogen-bond acceptors (Lipinski definition) is 1. The van der Waals surface area contributed by atoms with Crippen molar-refractivity contribution in [1.29, 1.82) is 0 Å². The van der Waals surface area contributed by atoms with Crippen LogP contribution in [0.1, 0.15) is 18.4 Å². The Hall–Kier alpha value is -0.440. The van der Waals surface area contributed by atoms with Crippen molar-refractivity contribution >= 4 is 40.7 Å². The second-order valence-corrected chi connectivity index (χ2v) is 7.17. The van der Waals surface area contributed by atoms with Crippen molar-refractivity contribution in [2.75, 3.05) is 0 Å². The van der Waals surface area contributed by atoms with Gasteiger partial charge in [0.1, 0.15) is 0 Å². The number of carbonyl (C=O) groups is 1. The van der Waals surface area contributed by atoms with Gasteiger partial charge in [0, 0.05) is 23.9 Å². The van der Waals surface area contributed by atoms with Crippen molar-refractivity contribution in [3.8, 4) is 0 Å². The lowest BCUT2D eigenvalue weighted by Gasteiger charge is -2.23. The highest BCUT2D eigenvalue weighted by Gasteiger charge is 2.62. The van der Waals surface area contributed by atoms with Crippen LogP contribution in [0, 0.1) is 5.92 Å². The molecule has 0 spiro atoms. The summed E-state index contributed by atoms with van der Waals surface area (Å²) in [6.07, 6.45) is 1.73. The molecule has 1 aromatic rings. The molecule has 1 saturated carbocycles. The lowest BCUT2D eigenvalue weighted by Crippen LogP contribution is -2.35. The highest BCUT2D eigenvalue weighted by atomic mass is 35.5. The van der Waals surface area contributed by atoms with E-state index in [1.807, 2.05) is 30.3 Å². The number of likely N-dealkylation sites (tertiary alicyclic amines) is 1. The molecule has 1 aliphatic heterocycles. The molecule has 2 fully saturated rings. The van der Waals surface area contributed by atoms with Crippen LogP contribution in [0.15, 0.2) is 30.3 Å². The lowest BCUT2D eigenvalue weighted by atomic mass is 10.0. The summed E-state index contributed by atoms with van der Waals surface area (Å²) in [5.41, 5.74) is 1.08. The first kappa shape index (κ1) is 13.5. The van der Waals surface area contributed by atoms with E-state index in [0.717, 1.165) is 18.4 Å². The van der Waals surface area contributed by atoms with E-state index in [0.29, 0.717) is 6.54 Å². The second kappa shape index (κ2) is 4.83. The fourth-order valence-corrected chi connectivity index (χ4v) is 4.63. The number of benzene rings is 1. The average molecular weight is 319 g/mol. The molecule has 1 saturated heterocycles. The molecular formula is C14H14Cl3NO. The van der Waals surface area contributed by atoms with Gasteiger partial charge in [-0.2, -0.15) is 0 Å². The number of carbonyl (C=O) groups excluding carboxylic acids is 1. The largest absolute Gasteiger partial charge is 0.332 e. The highest BCUT2D eigenvalue weighted by molar-refractivity contribution is 6.59. The molecule has 2 nitrogen and oxygen atoms in total. The zero-order chi connectivity index (χ0) is 13.6. The van der Waals surface area contributed by atoms with Crippen molar-refractivity contribution < 1.29 is 4.79 Å². The number of rotatable bonds is 2. The van der Waals surface area contributed by atoms with Gasteiger partial charge < -0.3 is 4.90 Å². The van der Waals surface area contributed by atoms with Gasteiger partial charge in [0.25, 0.3) is 5.91 Å². The molecule has 3 unspecified atom stereocenters. The van der Waals surface area contributed by atoms with Crippen molar-refractivity contribution in [2.24, 2.45) is 5.92 Å². The molecule has 0 bridgehead atoms. The number of fused-ring (bicyclic) bond motifs is 1. The van der Waals surface area contributed by atoms with Gasteiger partial charge in [-0.25, -0.2) is 0 Å². The monoisotopic (exact) mass is 317 g/mol. The van der Waals surface area contributed by atoms with Gasteiger partial charge in [0.05, 0.1) is 0 Å². The summed E-state index contributed by atoms with van der Waals surface area (Å²) >= 11 is 18.8. The minimum absolute atomic E-state index is 0.0604. The first-order chi connectivity index (χ1) is 9.01. The molecule has 0 aromatic heterocycles. The molecule has 1 heterocycles. The number of halogens is 3. The van der Waals surface area contributed by atoms with Gasteiger partial charge in [-0.3, -0.25) is 4.79 Å². The van der Waals surface area contributed by atoms with Gasteiger partial charge in [-0.05, 0) is 18.4 Å². The number of hydrogen-bond donors (Lipinski definition) is 0. The maximum atomic E-state index is 12.4. The highest BCUT2D eigenvalue weighted by Crippen LogP contribution is 2.52. The predicted molar refractivity (Wildman–Crippen MR) is 77.6 cm³/mol. The van der Waals surface area contributed by atoms with Crippen LogP contribution < -0.4 is 0 Å². The molecule has 1 amide bonds. The smallest absolute Gasteiger partial charge is 0.260 e. The number of alkyl halides is 3. The molecule has 1 aliphatic carbocycles. The zero-order valence-electron chi connectivity index (χ0n) is 10.2. The van der Waals surface area contributed by atoms with E-state index in [2.05, 4.69) is 0 Å². The molecular weight excluding hydrogens is 305 g/mol. The molecule has 3 rings (SSSR count). The van der Waals surface area contributed by atoms with Crippen LogP contribution in [0.4, 0.5) is 0 Å². The van der Waals surface area contributed by atoms with Crippen LogP contribution >= 0.6 is 34.8 Å². The van der Waals surface area contributed by atoms with E-state index < -0.39 is 4.33 Å². The summed E-state index contributed by atoms with van der Waals surface area (Å²) < 4.78 is -1.37. The average Bonchev–Trinajstić information content (AvgIpc) is 2.85. The Labute approximate surface area is 127 Å². The summed E-state index contributed by atoms with van der Waals surface area (Å²) in [6.45, 7) is 0.547. The molecule has 0 radical (unpaired) electrons. The predicted octanol–water partition coefficient (Wildman–Crippen LogP) is 3.59. The molecule has 5 heteroatoms. The van der Waals surface area contributed by atoms with E-state index in [4.69, 9.17) is 34.8 Å². The van der Waals surface area contributed by atoms with Gasteiger partial charge in [0.2, 0.25) is 4.33 Å². The number of nitrogens with zero attached hydrogens (tertiary/aromatic N) is 1. The summed E-state index contributed by atoms with van der Waals surface area (Å²) in [6, 6.07) is 9.93. The third-order valence-electron chi connectivity index (χ3n) is 4.10. The van der Waals surface area contributed by atoms with Gasteiger partial charge in [-0.1, -0.05) is 53.5 Å². The van der Waals surface area contributed by atoms with Crippen LogP contribution in [0.5, 0.6) is 0 Å². The molecule has 19 heavy (non-hydrogen) atoms. The lowest BCUT2D eigenvalue weighted by molar-refractivity contribution is -0.130. The van der Waals surface area contributed by atoms with E-state index in [1.54, 1.807) is 4.90 Å². The Balaban J connectivity index is 1.88. The minimum Gasteiger partial charge on any atom is -0.332 e. The molecule has 3 atom stereocenters. The van der Waals surface area contributed by atoms with Crippen LogP contribution in [-0.4, -0.2) is 26.6 Å². The first-order valence-corrected chi connectivity index (χ1v) is 7.58. The van der Waals surface area contributed by atoms with E-state index in [-0.39, 0.29) is 23.2 Å². The van der Waals surface area contributed by atoms with Crippen LogP contribution in [-0.2, 0) is 11.3 Å². The molecule has 1 aromatic carbocycles. The Bertz CT molecular complexity index is 491. The van der Waals surface area contributed by atoms with E-state index in [9.17, 15) is 4.79 Å². The summed E-state index contributed by atoms with van der Waals surface area (Å²) in [4.78, 5) is 14.2. The van der Waals surface area contributed by atoms with E-state index in [1.165, 1.54) is 0 Å². The standard InChI is InChI=1S/C14H14Cl3NO/c15-10-6-7-11-12(10)14(16,17)13(19)18(11)8-9-4-2-1-3-5-9/h1-5,10-12H,6-8H2. The summed E-state index contributed by atoms with van der Waals surface area (Å²) in [5.74, 6) is -0.381. The van der Waals surface area contributed by atoms with Crippen LogP contribution in [0.2, 0.25) is 0 Å². The summed E-state index contributed by atoms with van der Waals surface area (Å²) in [5, 5.41) is -0.121. The SMILES string of the molecule is O=C1N(Cc2ccccc2)C2CCC(Cl)C2C1(Cl)Cl. The van der Waals surface area contributed by atoms with Crippen LogP contribution in [0.3, 0.4) is 0 Å². The van der Waals surface area contributed by atoms with Crippen molar-refractivity contribution in [3.05, 3.63) is 35.9 Å².